The van der Waals surface area contributed by atoms with Gasteiger partial charge in [-0.3, -0.25) is 9.78 Å². The summed E-state index contributed by atoms with van der Waals surface area (Å²) >= 11 is 0. The number of aromatic amines is 1. The number of H-pyrrole nitrogens is 1. The summed E-state index contributed by atoms with van der Waals surface area (Å²) in [7, 11) is 1.94. The van der Waals surface area contributed by atoms with E-state index in [1.54, 1.807) is 0 Å². The molecule has 0 spiro atoms. The van der Waals surface area contributed by atoms with Crippen LogP contribution >= 0.6 is 0 Å². The maximum absolute atomic E-state index is 12.1. The SMILES string of the molecule is CN(Cc1ccccc1)c1nc2c(c(=O)[nH]1)C=CCC2. The van der Waals surface area contributed by atoms with Crippen LogP contribution in [0.2, 0.25) is 0 Å². The van der Waals surface area contributed by atoms with E-state index in [9.17, 15) is 4.79 Å². The molecule has 0 saturated carbocycles. The average molecular weight is 267 g/mol. The normalized spacial score (nSPS) is 13.1. The van der Waals surface area contributed by atoms with Crippen molar-refractivity contribution in [1.29, 1.82) is 0 Å². The summed E-state index contributed by atoms with van der Waals surface area (Å²) in [5.41, 5.74) is 2.73. The molecule has 0 bridgehead atoms. The van der Waals surface area contributed by atoms with Crippen molar-refractivity contribution in [3.05, 3.63) is 63.6 Å². The molecule has 4 heteroatoms. The minimum absolute atomic E-state index is 0.0548. The van der Waals surface area contributed by atoms with Crippen molar-refractivity contribution in [2.45, 2.75) is 19.4 Å². The first-order valence-corrected chi connectivity index (χ1v) is 6.79. The van der Waals surface area contributed by atoms with Gasteiger partial charge in [-0.1, -0.05) is 42.5 Å². The summed E-state index contributed by atoms with van der Waals surface area (Å²) in [6, 6.07) is 10.1. The van der Waals surface area contributed by atoms with E-state index >= 15 is 0 Å². The molecule has 20 heavy (non-hydrogen) atoms. The zero-order chi connectivity index (χ0) is 13.9. The van der Waals surface area contributed by atoms with Gasteiger partial charge in [0.1, 0.15) is 0 Å². The lowest BCUT2D eigenvalue weighted by molar-refractivity contribution is 0.824. The second kappa shape index (κ2) is 5.33. The summed E-state index contributed by atoms with van der Waals surface area (Å²) in [6.07, 6.45) is 5.67. The van der Waals surface area contributed by atoms with Gasteiger partial charge in [0.15, 0.2) is 0 Å². The average Bonchev–Trinajstić information content (AvgIpc) is 2.48. The molecule has 1 aliphatic rings. The predicted molar refractivity (Wildman–Crippen MR) is 80.8 cm³/mol. The molecule has 2 aromatic rings. The van der Waals surface area contributed by atoms with Gasteiger partial charge in [-0.15, -0.1) is 0 Å². The Morgan fingerprint density at radius 1 is 1.30 bits per heavy atom. The molecule has 1 N–H and O–H groups in total. The molecule has 1 aromatic heterocycles. The van der Waals surface area contributed by atoms with Crippen molar-refractivity contribution in [3.63, 3.8) is 0 Å². The first-order chi connectivity index (χ1) is 9.74. The van der Waals surface area contributed by atoms with Gasteiger partial charge in [-0.05, 0) is 18.4 Å². The molecule has 0 unspecified atom stereocenters. The molecule has 102 valence electrons. The Morgan fingerprint density at radius 2 is 2.10 bits per heavy atom. The molecule has 1 aromatic carbocycles. The third-order valence-electron chi connectivity index (χ3n) is 3.48. The van der Waals surface area contributed by atoms with Crippen LogP contribution in [0, 0.1) is 0 Å². The number of rotatable bonds is 3. The van der Waals surface area contributed by atoms with Gasteiger partial charge in [-0.2, -0.15) is 0 Å². The smallest absolute Gasteiger partial charge is 0.259 e. The van der Waals surface area contributed by atoms with Gasteiger partial charge in [-0.25, -0.2) is 4.98 Å². The molecule has 0 radical (unpaired) electrons. The van der Waals surface area contributed by atoms with Crippen molar-refractivity contribution < 1.29 is 0 Å². The monoisotopic (exact) mass is 267 g/mol. The molecule has 1 aliphatic carbocycles. The number of aromatic nitrogens is 2. The van der Waals surface area contributed by atoms with Gasteiger partial charge >= 0.3 is 0 Å². The molecule has 0 amide bonds. The first-order valence-electron chi connectivity index (χ1n) is 6.79. The van der Waals surface area contributed by atoms with E-state index in [4.69, 9.17) is 0 Å². The second-order valence-electron chi connectivity index (χ2n) is 5.03. The molecule has 4 nitrogen and oxygen atoms in total. The Morgan fingerprint density at radius 3 is 2.90 bits per heavy atom. The van der Waals surface area contributed by atoms with Crippen LogP contribution in [0.3, 0.4) is 0 Å². The number of benzene rings is 1. The zero-order valence-corrected chi connectivity index (χ0v) is 11.5. The van der Waals surface area contributed by atoms with Crippen LogP contribution in [0.5, 0.6) is 0 Å². The number of nitrogens with one attached hydrogen (secondary N) is 1. The van der Waals surface area contributed by atoms with E-state index in [1.807, 2.05) is 42.3 Å². The third kappa shape index (κ3) is 2.50. The summed E-state index contributed by atoms with van der Waals surface area (Å²) in [5, 5.41) is 0. The van der Waals surface area contributed by atoms with E-state index in [0.717, 1.165) is 25.1 Å². The van der Waals surface area contributed by atoms with E-state index in [0.29, 0.717) is 11.5 Å². The highest BCUT2D eigenvalue weighted by atomic mass is 16.1. The van der Waals surface area contributed by atoms with Gasteiger partial charge < -0.3 is 4.90 Å². The van der Waals surface area contributed by atoms with Crippen LogP contribution in [0.15, 0.2) is 41.2 Å². The quantitative estimate of drug-likeness (QED) is 0.928. The Kier molecular flexibility index (Phi) is 3.37. The van der Waals surface area contributed by atoms with Crippen molar-refractivity contribution in [3.8, 4) is 0 Å². The van der Waals surface area contributed by atoms with Gasteiger partial charge in [0.25, 0.3) is 5.56 Å². The Bertz CT molecular complexity index is 689. The summed E-state index contributed by atoms with van der Waals surface area (Å²) in [5.74, 6) is 0.632. The highest BCUT2D eigenvalue weighted by molar-refractivity contribution is 5.54. The lowest BCUT2D eigenvalue weighted by Crippen LogP contribution is -2.25. The van der Waals surface area contributed by atoms with Crippen LogP contribution in [-0.2, 0) is 13.0 Å². The number of hydrogen-bond donors (Lipinski definition) is 1. The standard InChI is InChI=1S/C16H17N3O/c1-19(11-12-7-3-2-4-8-12)16-17-14-10-6-5-9-13(14)15(20)18-16/h2-5,7-9H,6,10-11H2,1H3,(H,17,18,20). The second-order valence-corrected chi connectivity index (χ2v) is 5.03. The molecule has 1 heterocycles. The highest BCUT2D eigenvalue weighted by Gasteiger charge is 2.13. The van der Waals surface area contributed by atoms with Gasteiger partial charge in [0, 0.05) is 13.6 Å². The fourth-order valence-electron chi connectivity index (χ4n) is 2.41. The fraction of sp³-hybridized carbons (Fsp3) is 0.250. The van der Waals surface area contributed by atoms with Gasteiger partial charge in [0.05, 0.1) is 11.3 Å². The number of nitrogens with zero attached hydrogens (tertiary/aromatic N) is 2. The summed E-state index contributed by atoms with van der Waals surface area (Å²) in [6.45, 7) is 0.721. The maximum Gasteiger partial charge on any atom is 0.259 e. The lowest BCUT2D eigenvalue weighted by Gasteiger charge is -2.19. The first kappa shape index (κ1) is 12.7. The zero-order valence-electron chi connectivity index (χ0n) is 11.5. The van der Waals surface area contributed by atoms with Crippen molar-refractivity contribution in [2.75, 3.05) is 11.9 Å². The Hall–Kier alpha value is -2.36. The van der Waals surface area contributed by atoms with E-state index in [-0.39, 0.29) is 5.56 Å². The number of fused-ring (bicyclic) bond motifs is 1. The lowest BCUT2D eigenvalue weighted by atomic mass is 10.0. The topological polar surface area (TPSA) is 49.0 Å². The summed E-state index contributed by atoms with van der Waals surface area (Å²) < 4.78 is 0. The van der Waals surface area contributed by atoms with Crippen LogP contribution in [0.1, 0.15) is 23.2 Å². The Balaban J connectivity index is 1.89. The van der Waals surface area contributed by atoms with Gasteiger partial charge in [0.2, 0.25) is 5.95 Å². The molecule has 0 saturated heterocycles. The molecule has 0 fully saturated rings. The fourth-order valence-corrected chi connectivity index (χ4v) is 2.41. The minimum Gasteiger partial charge on any atom is -0.341 e. The van der Waals surface area contributed by atoms with E-state index in [2.05, 4.69) is 22.1 Å². The molecule has 0 aliphatic heterocycles. The number of allylic oxidation sites excluding steroid dienone is 1. The van der Waals surface area contributed by atoms with E-state index < -0.39 is 0 Å². The van der Waals surface area contributed by atoms with Crippen LogP contribution in [0.4, 0.5) is 5.95 Å². The largest absolute Gasteiger partial charge is 0.341 e. The van der Waals surface area contributed by atoms with Crippen molar-refractivity contribution in [1.82, 2.24) is 9.97 Å². The maximum atomic E-state index is 12.1. The summed E-state index contributed by atoms with van der Waals surface area (Å²) in [4.78, 5) is 21.5. The van der Waals surface area contributed by atoms with Crippen molar-refractivity contribution in [2.24, 2.45) is 0 Å². The number of aryl methyl sites for hydroxylation is 1. The Labute approximate surface area is 117 Å². The minimum atomic E-state index is -0.0548. The molecule has 3 rings (SSSR count). The third-order valence-corrected chi connectivity index (χ3v) is 3.48. The van der Waals surface area contributed by atoms with Crippen molar-refractivity contribution >= 4 is 12.0 Å². The van der Waals surface area contributed by atoms with E-state index in [1.165, 1.54) is 5.56 Å². The predicted octanol–water partition coefficient (Wildman–Crippen LogP) is 2.37. The van der Waals surface area contributed by atoms with Crippen LogP contribution in [0.25, 0.3) is 6.08 Å². The number of hydrogen-bond acceptors (Lipinski definition) is 3. The molecule has 0 atom stereocenters. The van der Waals surface area contributed by atoms with Crippen LogP contribution in [-0.4, -0.2) is 17.0 Å². The highest BCUT2D eigenvalue weighted by Crippen LogP contribution is 2.16. The number of anilines is 1. The molecular formula is C16H17N3O. The molecular weight excluding hydrogens is 250 g/mol. The van der Waals surface area contributed by atoms with Crippen LogP contribution < -0.4 is 10.5 Å².